The van der Waals surface area contributed by atoms with Crippen molar-refractivity contribution < 1.29 is 24.2 Å². The van der Waals surface area contributed by atoms with E-state index < -0.39 is 0 Å². The van der Waals surface area contributed by atoms with Crippen molar-refractivity contribution in [3.05, 3.63) is 11.6 Å². The van der Waals surface area contributed by atoms with Crippen molar-refractivity contribution in [2.24, 2.45) is 28.6 Å². The maximum atomic E-state index is 12.0. The Morgan fingerprint density at radius 3 is 2.82 bits per heavy atom. The van der Waals surface area contributed by atoms with E-state index >= 15 is 0 Å². The van der Waals surface area contributed by atoms with Gasteiger partial charge in [0, 0.05) is 18.8 Å². The first kappa shape index (κ1) is 18.8. The monoisotopic (exact) mass is 388 g/mol. The molecule has 4 fully saturated rings. The number of aliphatic hydroxyl groups excluding tert-OH is 1. The number of allylic oxidation sites excluding steroid dienone is 1. The van der Waals surface area contributed by atoms with Crippen LogP contribution in [0.5, 0.6) is 0 Å². The molecule has 1 spiro atoms. The van der Waals surface area contributed by atoms with E-state index in [1.807, 2.05) is 6.08 Å². The zero-order valence-corrected chi connectivity index (χ0v) is 17.2. The topological polar surface area (TPSA) is 76.1 Å². The van der Waals surface area contributed by atoms with E-state index in [9.17, 15) is 14.7 Å². The highest BCUT2D eigenvalue weighted by Crippen LogP contribution is 2.72. The molecule has 0 aromatic heterocycles. The van der Waals surface area contributed by atoms with Crippen molar-refractivity contribution in [1.82, 2.24) is 0 Å². The third kappa shape index (κ3) is 2.32. The summed E-state index contributed by atoms with van der Waals surface area (Å²) in [5.41, 5.74) is 0.921. The Balaban J connectivity index is 1.43. The summed E-state index contributed by atoms with van der Waals surface area (Å²) < 4.78 is 11.5. The summed E-state index contributed by atoms with van der Waals surface area (Å²) in [6.07, 6.45) is 7.85. The summed E-state index contributed by atoms with van der Waals surface area (Å²) in [7, 11) is 0. The van der Waals surface area contributed by atoms with E-state index in [-0.39, 0.29) is 46.3 Å². The molecule has 5 heteroatoms. The van der Waals surface area contributed by atoms with Gasteiger partial charge in [0.1, 0.15) is 18.3 Å². The predicted octanol–water partition coefficient (Wildman–Crippen LogP) is 3.19. The Labute approximate surface area is 166 Å². The van der Waals surface area contributed by atoms with E-state index in [0.717, 1.165) is 38.5 Å². The Kier molecular flexibility index (Phi) is 3.97. The Hall–Kier alpha value is -1.20. The molecule has 4 aliphatic carbocycles. The fourth-order valence-electron chi connectivity index (χ4n) is 8.01. The number of carbonyl (C=O) groups excluding carboxylic acids is 2. The van der Waals surface area contributed by atoms with Crippen molar-refractivity contribution in [2.75, 3.05) is 6.61 Å². The summed E-state index contributed by atoms with van der Waals surface area (Å²) in [4.78, 5) is 23.2. The summed E-state index contributed by atoms with van der Waals surface area (Å²) >= 11 is 0. The van der Waals surface area contributed by atoms with Gasteiger partial charge in [-0.25, -0.2) is 0 Å². The molecule has 0 aromatic rings. The van der Waals surface area contributed by atoms with Crippen LogP contribution in [0.25, 0.3) is 0 Å². The lowest BCUT2D eigenvalue weighted by molar-refractivity contribution is -0.141. The van der Waals surface area contributed by atoms with E-state index in [1.54, 1.807) is 0 Å². The molecular weight excluding hydrogens is 356 g/mol. The Morgan fingerprint density at radius 1 is 1.29 bits per heavy atom. The molecule has 1 aliphatic heterocycles. The standard InChI is InChI=1S/C23H32O5/c1-13(24)27-12-19-23(28-19)9-7-17-16-5-4-14-10-15(25)6-8-21(14,2)20(16)18(26)11-22(17,23)3/h10,16-20,26H,4-9,11-12H2,1-3H3/t16-,17-,18?,19?,20+,21-,22-,23-/m0/s1. The molecular formula is C23H32O5. The number of fused-ring (bicyclic) bond motifs is 6. The number of hydrogen-bond acceptors (Lipinski definition) is 5. The molecule has 0 amide bonds. The first-order valence-electron chi connectivity index (χ1n) is 10.9. The van der Waals surface area contributed by atoms with Gasteiger partial charge in [0.25, 0.3) is 0 Å². The number of aliphatic hydroxyl groups is 1. The second kappa shape index (κ2) is 5.91. The number of ether oxygens (including phenoxy) is 2. The van der Waals surface area contributed by atoms with Gasteiger partial charge in [0.15, 0.2) is 5.78 Å². The lowest BCUT2D eigenvalue weighted by Gasteiger charge is -2.59. The van der Waals surface area contributed by atoms with Crippen molar-refractivity contribution >= 4 is 11.8 Å². The van der Waals surface area contributed by atoms with Gasteiger partial charge in [-0.3, -0.25) is 9.59 Å². The van der Waals surface area contributed by atoms with Gasteiger partial charge in [0.05, 0.1) is 6.10 Å². The molecule has 5 nitrogen and oxygen atoms in total. The van der Waals surface area contributed by atoms with Gasteiger partial charge in [-0.15, -0.1) is 0 Å². The van der Waals surface area contributed by atoms with Gasteiger partial charge < -0.3 is 14.6 Å². The van der Waals surface area contributed by atoms with Gasteiger partial charge in [-0.05, 0) is 67.8 Å². The number of epoxide rings is 1. The lowest BCUT2D eigenvalue weighted by atomic mass is 9.46. The molecule has 8 atom stereocenters. The van der Waals surface area contributed by atoms with Crippen LogP contribution in [0.3, 0.4) is 0 Å². The van der Waals surface area contributed by atoms with Gasteiger partial charge >= 0.3 is 5.97 Å². The largest absolute Gasteiger partial charge is 0.463 e. The van der Waals surface area contributed by atoms with Crippen LogP contribution >= 0.6 is 0 Å². The highest BCUT2D eigenvalue weighted by molar-refractivity contribution is 5.91. The molecule has 5 rings (SSSR count). The van der Waals surface area contributed by atoms with Gasteiger partial charge in [-0.1, -0.05) is 19.4 Å². The second-order valence-corrected chi connectivity index (χ2v) is 10.4. The molecule has 3 saturated carbocycles. The fraction of sp³-hybridized carbons (Fsp3) is 0.826. The number of esters is 1. The van der Waals surface area contributed by atoms with Crippen LogP contribution in [0, 0.1) is 28.6 Å². The molecule has 2 unspecified atom stereocenters. The van der Waals surface area contributed by atoms with Crippen LogP contribution < -0.4 is 0 Å². The molecule has 154 valence electrons. The van der Waals surface area contributed by atoms with Crippen LogP contribution in [-0.2, 0) is 19.1 Å². The summed E-state index contributed by atoms with van der Waals surface area (Å²) in [6.45, 7) is 6.35. The van der Waals surface area contributed by atoms with Crippen molar-refractivity contribution in [3.63, 3.8) is 0 Å². The van der Waals surface area contributed by atoms with E-state index in [1.165, 1.54) is 12.5 Å². The summed E-state index contributed by atoms with van der Waals surface area (Å²) in [6, 6.07) is 0. The zero-order chi connectivity index (χ0) is 19.9. The normalized spacial score (nSPS) is 51.8. The lowest BCUT2D eigenvalue weighted by Crippen LogP contribution is -2.58. The minimum Gasteiger partial charge on any atom is -0.463 e. The number of ketones is 1. The fourth-order valence-corrected chi connectivity index (χ4v) is 8.01. The quantitative estimate of drug-likeness (QED) is 0.581. The average molecular weight is 389 g/mol. The maximum Gasteiger partial charge on any atom is 0.302 e. The predicted molar refractivity (Wildman–Crippen MR) is 102 cm³/mol. The smallest absolute Gasteiger partial charge is 0.302 e. The van der Waals surface area contributed by atoms with Crippen LogP contribution in [-0.4, -0.2) is 41.3 Å². The van der Waals surface area contributed by atoms with Crippen LogP contribution in [0.2, 0.25) is 0 Å². The number of hydrogen-bond donors (Lipinski definition) is 1. The van der Waals surface area contributed by atoms with E-state index in [2.05, 4.69) is 13.8 Å². The molecule has 0 radical (unpaired) electrons. The zero-order valence-electron chi connectivity index (χ0n) is 17.2. The van der Waals surface area contributed by atoms with E-state index in [4.69, 9.17) is 9.47 Å². The van der Waals surface area contributed by atoms with Crippen LogP contribution in [0.15, 0.2) is 11.6 Å². The third-order valence-corrected chi connectivity index (χ3v) is 9.33. The SMILES string of the molecule is CC(=O)OCC1O[C@@]12CC[C@H]1[C@@H]3CCC4=CC(=O)CC[C@]4(C)[C@H]3C(O)C[C@@]12C. The van der Waals surface area contributed by atoms with Gasteiger partial charge in [-0.2, -0.15) is 0 Å². The molecule has 1 saturated heterocycles. The van der Waals surface area contributed by atoms with Crippen molar-refractivity contribution in [3.8, 4) is 0 Å². The molecule has 0 aromatic carbocycles. The highest BCUT2D eigenvalue weighted by Gasteiger charge is 2.75. The molecule has 0 bridgehead atoms. The van der Waals surface area contributed by atoms with Gasteiger partial charge in [0.2, 0.25) is 0 Å². The van der Waals surface area contributed by atoms with E-state index in [0.29, 0.717) is 24.9 Å². The molecule has 1 heterocycles. The number of rotatable bonds is 2. The highest BCUT2D eigenvalue weighted by atomic mass is 16.6. The van der Waals surface area contributed by atoms with Crippen LogP contribution in [0.4, 0.5) is 0 Å². The van der Waals surface area contributed by atoms with Crippen LogP contribution in [0.1, 0.15) is 65.7 Å². The van der Waals surface area contributed by atoms with Crippen molar-refractivity contribution in [1.29, 1.82) is 0 Å². The number of carbonyl (C=O) groups is 2. The third-order valence-electron chi connectivity index (χ3n) is 9.33. The molecule has 28 heavy (non-hydrogen) atoms. The Morgan fingerprint density at radius 2 is 2.07 bits per heavy atom. The summed E-state index contributed by atoms with van der Waals surface area (Å²) in [5, 5.41) is 11.4. The first-order valence-corrected chi connectivity index (χ1v) is 10.9. The minimum absolute atomic E-state index is 0.0305. The van der Waals surface area contributed by atoms with Crippen molar-refractivity contribution in [2.45, 2.75) is 83.5 Å². The maximum absolute atomic E-state index is 12.0. The average Bonchev–Trinajstić information content (AvgIpc) is 3.27. The first-order chi connectivity index (χ1) is 13.2. The minimum atomic E-state index is -0.373. The Bertz CT molecular complexity index is 758. The summed E-state index contributed by atoms with van der Waals surface area (Å²) in [5.74, 6) is 1.22. The second-order valence-electron chi connectivity index (χ2n) is 10.4. The molecule has 1 N–H and O–H groups in total. The molecule has 5 aliphatic rings.